The molecule has 0 aromatic carbocycles. The van der Waals surface area contributed by atoms with Gasteiger partial charge in [0.25, 0.3) is 0 Å². The predicted molar refractivity (Wildman–Crippen MR) is 167 cm³/mol. The second-order valence-electron chi connectivity index (χ2n) is 13.5. The van der Waals surface area contributed by atoms with Crippen LogP contribution in [0, 0.1) is 29.6 Å². The Kier molecular flexibility index (Phi) is 13.3. The van der Waals surface area contributed by atoms with Gasteiger partial charge in [0.05, 0.1) is 44.0 Å². The molecule has 3 fully saturated rings. The first-order valence-corrected chi connectivity index (χ1v) is 17.0. The fraction of sp³-hybridized carbons (Fsp3) is 0.758. The van der Waals surface area contributed by atoms with Crippen molar-refractivity contribution in [2.45, 2.75) is 99.9 Å². The van der Waals surface area contributed by atoms with Gasteiger partial charge in [-0.25, -0.2) is 9.59 Å². The van der Waals surface area contributed by atoms with Crippen LogP contribution in [0.4, 0.5) is 0 Å². The maximum absolute atomic E-state index is 13.8. The molecule has 4 aliphatic heterocycles. The molecule has 0 unspecified atom stereocenters. The average molecular weight is 749 g/mol. The maximum atomic E-state index is 13.8. The van der Waals surface area contributed by atoms with Crippen molar-refractivity contribution < 1.29 is 93.4 Å². The lowest BCUT2D eigenvalue weighted by atomic mass is 9.81. The van der Waals surface area contributed by atoms with Gasteiger partial charge in [0.2, 0.25) is 12.6 Å². The van der Waals surface area contributed by atoms with Crippen LogP contribution >= 0.6 is 0 Å². The molecule has 5 aliphatic rings. The van der Waals surface area contributed by atoms with E-state index in [2.05, 4.69) is 6.58 Å². The van der Waals surface area contributed by atoms with Gasteiger partial charge in [-0.15, -0.1) is 6.58 Å². The number of aliphatic hydroxyl groups excluding tert-OH is 9. The van der Waals surface area contributed by atoms with Crippen LogP contribution in [0.25, 0.3) is 0 Å². The van der Waals surface area contributed by atoms with E-state index >= 15 is 0 Å². The van der Waals surface area contributed by atoms with E-state index in [-0.39, 0.29) is 30.6 Å². The largest absolute Gasteiger partial charge is 0.472 e. The summed E-state index contributed by atoms with van der Waals surface area (Å²) in [6, 6.07) is 0. The van der Waals surface area contributed by atoms with Crippen molar-refractivity contribution in [2.24, 2.45) is 29.6 Å². The molecular weight excluding hydrogens is 700 g/mol. The van der Waals surface area contributed by atoms with Crippen LogP contribution in [-0.2, 0) is 47.5 Å². The number of esters is 2. The van der Waals surface area contributed by atoms with E-state index in [0.717, 1.165) is 12.5 Å². The summed E-state index contributed by atoms with van der Waals surface area (Å²) in [5.41, 5.74) is 0.133. The van der Waals surface area contributed by atoms with E-state index in [9.17, 15) is 55.5 Å². The van der Waals surface area contributed by atoms with Crippen LogP contribution in [0.1, 0.15) is 19.8 Å². The quantitative estimate of drug-likeness (QED) is 0.0684. The number of carbonyl (C=O) groups is 2. The number of hydrogen-bond donors (Lipinski definition) is 9. The third kappa shape index (κ3) is 7.74. The van der Waals surface area contributed by atoms with Crippen molar-refractivity contribution in [1.29, 1.82) is 0 Å². The molecule has 4 heterocycles. The summed E-state index contributed by atoms with van der Waals surface area (Å²) in [4.78, 5) is 26.6. The summed E-state index contributed by atoms with van der Waals surface area (Å²) in [6.45, 7) is 3.78. The van der Waals surface area contributed by atoms with Crippen molar-refractivity contribution in [2.75, 3.05) is 26.9 Å². The van der Waals surface area contributed by atoms with Gasteiger partial charge in [0.15, 0.2) is 12.6 Å². The van der Waals surface area contributed by atoms with E-state index in [1.54, 1.807) is 6.92 Å². The number of fused-ring (bicyclic) bond motifs is 1. The third-order valence-corrected chi connectivity index (χ3v) is 10.6. The zero-order valence-electron chi connectivity index (χ0n) is 28.5. The van der Waals surface area contributed by atoms with Gasteiger partial charge in [-0.2, -0.15) is 0 Å². The molecule has 0 bridgehead atoms. The van der Waals surface area contributed by atoms with Crippen molar-refractivity contribution in [3.63, 3.8) is 0 Å². The smallest absolute Gasteiger partial charge is 0.337 e. The van der Waals surface area contributed by atoms with Gasteiger partial charge in [-0.1, -0.05) is 13.0 Å². The second kappa shape index (κ2) is 17.1. The molecule has 19 nitrogen and oxygen atoms in total. The van der Waals surface area contributed by atoms with Crippen LogP contribution in [0.3, 0.4) is 0 Å². The monoisotopic (exact) mass is 748 g/mol. The molecule has 2 saturated heterocycles. The Morgan fingerprint density at radius 1 is 0.788 bits per heavy atom. The Balaban J connectivity index is 1.33. The standard InChI is InChI=1S/C33H48O19/c1-4-13-14(5-6-34)16(10-46-30(13)51-32-26(41)24(39)22(37)19(8-35)49-32)29(44)48-18-7-15-17(28(43)45-3)11-47-31(21(15)12(18)2)52-33-27(42)25(40)23(38)20(9-36)50-33/h4,10-15,18-27,30-42H,1,5-9H2,2-3H3/t12-,13-,14-,15+,18-,19+,20+,21+,22+,23+,24-,25-,26+,27+,30-,31-,32-,33-/m0/s1. The number of ether oxygens (including phenoxy) is 8. The molecule has 19 heteroatoms. The highest BCUT2D eigenvalue weighted by atomic mass is 16.8. The van der Waals surface area contributed by atoms with E-state index in [1.165, 1.54) is 13.2 Å². The summed E-state index contributed by atoms with van der Waals surface area (Å²) in [5, 5.41) is 90.8. The number of carbonyl (C=O) groups excluding carboxylic acids is 2. The van der Waals surface area contributed by atoms with E-state index in [1.807, 2.05) is 0 Å². The SMILES string of the molecule is C=C[C@@H]1[C@H](O[C@@H]2O[C@H](CO)[C@@H](O)[C@H](O)[C@H]2O)OC=C(C(=O)O[C@H]2C[C@@H]3C(C(=O)OC)=CO[C@@H](O[C@@H]4O[C@H](CO)[C@@H](O)[C@H](O)[C@H]4O)[C@@H]3[C@H]2C)[C@H]1CCO. The van der Waals surface area contributed by atoms with E-state index in [4.69, 9.17) is 37.9 Å². The highest BCUT2D eigenvalue weighted by molar-refractivity contribution is 5.90. The summed E-state index contributed by atoms with van der Waals surface area (Å²) in [6.07, 6.45) is -15.3. The normalized spacial score (nSPS) is 44.7. The van der Waals surface area contributed by atoms with Crippen LogP contribution in [0.15, 0.2) is 36.3 Å². The minimum atomic E-state index is -1.73. The first-order valence-electron chi connectivity index (χ1n) is 17.0. The zero-order valence-corrected chi connectivity index (χ0v) is 28.5. The summed E-state index contributed by atoms with van der Waals surface area (Å²) in [7, 11) is 1.19. The van der Waals surface area contributed by atoms with Gasteiger partial charge in [-0.05, 0) is 12.8 Å². The molecule has 9 N–H and O–H groups in total. The Morgan fingerprint density at radius 2 is 1.33 bits per heavy atom. The van der Waals surface area contributed by atoms with Crippen molar-refractivity contribution >= 4 is 11.9 Å². The minimum absolute atomic E-state index is 0.00350. The second-order valence-corrected chi connectivity index (χ2v) is 13.5. The van der Waals surface area contributed by atoms with Crippen molar-refractivity contribution in [3.8, 4) is 0 Å². The first kappa shape index (κ1) is 40.4. The lowest BCUT2D eigenvalue weighted by molar-refractivity contribution is -0.342. The molecule has 1 aliphatic carbocycles. The minimum Gasteiger partial charge on any atom is -0.472 e. The molecule has 0 spiro atoms. The van der Waals surface area contributed by atoms with Crippen LogP contribution < -0.4 is 0 Å². The van der Waals surface area contributed by atoms with Gasteiger partial charge in [0.1, 0.15) is 54.9 Å². The topological polar surface area (TPSA) is 290 Å². The fourth-order valence-corrected chi connectivity index (χ4v) is 7.55. The third-order valence-electron chi connectivity index (χ3n) is 10.6. The van der Waals surface area contributed by atoms with Gasteiger partial charge < -0.3 is 83.9 Å². The van der Waals surface area contributed by atoms with Crippen LogP contribution in [0.5, 0.6) is 0 Å². The molecule has 18 atom stereocenters. The highest BCUT2D eigenvalue weighted by Gasteiger charge is 2.55. The van der Waals surface area contributed by atoms with Crippen molar-refractivity contribution in [3.05, 3.63) is 36.3 Å². The molecule has 0 radical (unpaired) electrons. The molecule has 0 aromatic rings. The molecule has 0 aromatic heterocycles. The van der Waals surface area contributed by atoms with Crippen LogP contribution in [-0.4, -0.2) is 165 Å². The molecule has 294 valence electrons. The van der Waals surface area contributed by atoms with Gasteiger partial charge >= 0.3 is 11.9 Å². The highest BCUT2D eigenvalue weighted by Crippen LogP contribution is 2.49. The van der Waals surface area contributed by atoms with E-state index in [0.29, 0.717) is 0 Å². The first-order chi connectivity index (χ1) is 24.8. The lowest BCUT2D eigenvalue weighted by Crippen LogP contribution is -2.60. The maximum Gasteiger partial charge on any atom is 0.337 e. The average Bonchev–Trinajstić information content (AvgIpc) is 3.47. The van der Waals surface area contributed by atoms with Gasteiger partial charge in [-0.3, -0.25) is 0 Å². The number of aliphatic hydroxyl groups is 9. The Hall–Kier alpha value is -2.76. The predicted octanol–water partition coefficient (Wildman–Crippen LogP) is -3.74. The zero-order chi connectivity index (χ0) is 38.0. The summed E-state index contributed by atoms with van der Waals surface area (Å²) in [5.74, 6) is -5.09. The number of methoxy groups -OCH3 is 1. The Labute approximate surface area is 298 Å². The number of rotatable bonds is 12. The van der Waals surface area contributed by atoms with Gasteiger partial charge in [0, 0.05) is 36.2 Å². The molecule has 52 heavy (non-hydrogen) atoms. The fourth-order valence-electron chi connectivity index (χ4n) is 7.55. The number of hydrogen-bond acceptors (Lipinski definition) is 19. The van der Waals surface area contributed by atoms with Crippen LogP contribution in [0.2, 0.25) is 0 Å². The molecule has 5 rings (SSSR count). The summed E-state index contributed by atoms with van der Waals surface area (Å²) >= 11 is 0. The van der Waals surface area contributed by atoms with Crippen molar-refractivity contribution in [1.82, 2.24) is 0 Å². The van der Waals surface area contributed by atoms with E-state index < -0.39 is 135 Å². The molecule has 1 saturated carbocycles. The Bertz CT molecular complexity index is 1320. The molecular formula is C33H48O19. The summed E-state index contributed by atoms with van der Waals surface area (Å²) < 4.78 is 45.1. The lowest BCUT2D eigenvalue weighted by Gasteiger charge is -2.43. The Morgan fingerprint density at radius 3 is 1.85 bits per heavy atom. The molecule has 0 amide bonds.